The van der Waals surface area contributed by atoms with Crippen LogP contribution in [0.3, 0.4) is 0 Å². The predicted octanol–water partition coefficient (Wildman–Crippen LogP) is 9.41. The minimum Gasteiger partial charge on any atom is -0.489 e. The molecule has 7 aromatic rings. The lowest BCUT2D eigenvalue weighted by atomic mass is 9.91. The molecule has 7 N–H and O–H groups in total. The van der Waals surface area contributed by atoms with E-state index >= 15 is 0 Å². The number of ether oxygens (including phenoxy) is 5. The molecule has 0 atom stereocenters. The number of carboxylic acids is 2. The summed E-state index contributed by atoms with van der Waals surface area (Å²) in [5, 5.41) is 78.4. The molecule has 9 heterocycles. The fourth-order valence-corrected chi connectivity index (χ4v) is 17.9. The molecule has 5 aliphatic heterocycles. The summed E-state index contributed by atoms with van der Waals surface area (Å²) in [6.07, 6.45) is 20.8. The van der Waals surface area contributed by atoms with Crippen molar-refractivity contribution in [1.82, 2.24) is 64.0 Å². The molecule has 0 saturated carbocycles. The van der Waals surface area contributed by atoms with E-state index in [1.54, 1.807) is 44.9 Å². The number of nitrogens with one attached hydrogen (secondary N) is 1. The van der Waals surface area contributed by atoms with E-state index in [9.17, 15) is 58.8 Å². The monoisotopic (exact) mass is 1780 g/mol. The molecule has 4 aliphatic carbocycles. The third-order valence-electron chi connectivity index (χ3n) is 24.4. The van der Waals surface area contributed by atoms with Crippen LogP contribution in [0.15, 0.2) is 72.8 Å². The molecule has 35 heteroatoms. The number of carbonyl (C=O) groups is 8. The summed E-state index contributed by atoms with van der Waals surface area (Å²) in [4.78, 5) is 106. The van der Waals surface area contributed by atoms with Crippen molar-refractivity contribution in [2.75, 3.05) is 91.9 Å². The van der Waals surface area contributed by atoms with Crippen LogP contribution in [0, 0.1) is 0 Å². The number of likely N-dealkylation sites (tertiary alicyclic amines) is 4. The van der Waals surface area contributed by atoms with E-state index < -0.39 is 35.1 Å². The van der Waals surface area contributed by atoms with Crippen LogP contribution in [0.5, 0.6) is 17.2 Å². The van der Waals surface area contributed by atoms with Crippen molar-refractivity contribution < 1.29 is 92.7 Å². The topological polar surface area (TPSA) is 400 Å². The molecule has 5 fully saturated rings. The molecule has 0 radical (unpaired) electrons. The molecular formula is C89H116Cl3N13O19. The highest BCUT2D eigenvalue weighted by Gasteiger charge is 2.39. The molecule has 672 valence electrons. The Balaban J connectivity index is 0.000000149. The first kappa shape index (κ1) is 93.5. The third kappa shape index (κ3) is 24.3. The fourth-order valence-electron chi connectivity index (χ4n) is 17.4. The number of para-hydroxylation sites is 3. The first-order valence-electron chi connectivity index (χ1n) is 43.7. The second kappa shape index (κ2) is 44.5. The van der Waals surface area contributed by atoms with Gasteiger partial charge in [0.25, 0.3) is 5.91 Å². The number of aromatic nitrogens is 8. The number of esters is 2. The molecule has 0 bridgehead atoms. The van der Waals surface area contributed by atoms with E-state index in [1.807, 2.05) is 75.4 Å². The van der Waals surface area contributed by atoms with E-state index in [1.165, 1.54) is 4.68 Å². The highest BCUT2D eigenvalue weighted by Crippen LogP contribution is 2.35. The predicted molar refractivity (Wildman–Crippen MR) is 458 cm³/mol. The van der Waals surface area contributed by atoms with Gasteiger partial charge in [0, 0.05) is 136 Å². The van der Waals surface area contributed by atoms with Crippen LogP contribution in [-0.2, 0) is 106 Å². The van der Waals surface area contributed by atoms with Gasteiger partial charge in [-0.05, 0) is 192 Å². The zero-order valence-electron chi connectivity index (χ0n) is 70.8. The van der Waals surface area contributed by atoms with Crippen LogP contribution in [0.2, 0.25) is 15.1 Å². The van der Waals surface area contributed by atoms with Crippen molar-refractivity contribution in [2.24, 2.45) is 0 Å². The molecule has 0 unspecified atom stereocenters. The molecule has 32 nitrogen and oxygen atoms in total. The smallest absolute Gasteiger partial charge is 0.359 e. The summed E-state index contributed by atoms with van der Waals surface area (Å²) in [5.41, 5.74) is 6.60. The normalized spacial score (nSPS) is 18.0. The van der Waals surface area contributed by atoms with Crippen LogP contribution >= 0.6 is 34.8 Å². The molecule has 4 amide bonds. The number of fused-ring (bicyclic) bond motifs is 4. The van der Waals surface area contributed by atoms with Gasteiger partial charge in [-0.3, -0.25) is 42.7 Å². The number of aliphatic carboxylic acids is 1. The van der Waals surface area contributed by atoms with E-state index in [2.05, 4.69) is 25.7 Å². The van der Waals surface area contributed by atoms with Crippen molar-refractivity contribution in [3.63, 3.8) is 0 Å². The summed E-state index contributed by atoms with van der Waals surface area (Å²) in [6.45, 7) is 9.91. The van der Waals surface area contributed by atoms with Crippen LogP contribution in [0.4, 0.5) is 0 Å². The van der Waals surface area contributed by atoms with Crippen molar-refractivity contribution in [3.05, 3.63) is 156 Å². The Bertz CT molecular complexity index is 4830. The first-order chi connectivity index (χ1) is 59.9. The van der Waals surface area contributed by atoms with Gasteiger partial charge in [-0.15, -0.1) is 0 Å². The van der Waals surface area contributed by atoms with Crippen molar-refractivity contribution in [1.29, 1.82) is 0 Å². The summed E-state index contributed by atoms with van der Waals surface area (Å²) >= 11 is 18.6. The lowest BCUT2D eigenvalue weighted by Crippen LogP contribution is -2.48. The molecule has 4 aromatic heterocycles. The number of rotatable bonds is 22. The molecule has 124 heavy (non-hydrogen) atoms. The molecule has 0 spiro atoms. The average molecular weight is 1780 g/mol. The van der Waals surface area contributed by atoms with Gasteiger partial charge in [-0.1, -0.05) is 71.2 Å². The Kier molecular flexibility index (Phi) is 33.5. The maximum absolute atomic E-state index is 13.4. The van der Waals surface area contributed by atoms with Crippen molar-refractivity contribution in [2.45, 2.75) is 236 Å². The van der Waals surface area contributed by atoms with Gasteiger partial charge in [-0.25, -0.2) is 14.4 Å². The number of benzene rings is 3. The van der Waals surface area contributed by atoms with Gasteiger partial charge in [0.2, 0.25) is 17.7 Å². The summed E-state index contributed by atoms with van der Waals surface area (Å²) in [6, 6.07) is 22.3. The molecule has 9 aliphatic rings. The molecular weight excluding hydrogens is 1660 g/mol. The Morgan fingerprint density at radius 1 is 0.403 bits per heavy atom. The highest BCUT2D eigenvalue weighted by molar-refractivity contribution is 6.32. The number of carboxylic acid groups (broad SMARTS) is 2. The zero-order chi connectivity index (χ0) is 88.0. The fraction of sp³-hybridized carbons (Fsp3) is 0.573. The lowest BCUT2D eigenvalue weighted by molar-refractivity contribution is -0.138. The number of amides is 4. The van der Waals surface area contributed by atoms with Crippen LogP contribution < -0.4 is 19.5 Å². The Morgan fingerprint density at radius 3 is 1.02 bits per heavy atom. The van der Waals surface area contributed by atoms with Crippen molar-refractivity contribution >= 4 is 82.3 Å². The first-order valence-corrected chi connectivity index (χ1v) is 44.9. The maximum atomic E-state index is 13.4. The number of nitrogens with zero attached hydrogens (tertiary/aromatic N) is 12. The minimum absolute atomic E-state index is 0.00273. The molecule has 3 aromatic carbocycles. The van der Waals surface area contributed by atoms with Gasteiger partial charge in [0.1, 0.15) is 61.7 Å². The lowest BCUT2D eigenvalue weighted by Gasteiger charge is -2.36. The standard InChI is InChI=1S/C27H35ClN4O5.C23H28ClN3O4.C21H24ClN3O4.C12H16N2O4.C6H13NO2/c28-21-6-2-4-8-23(21)37-19-9-13-30(14-10-19)24(34)17-32-22-7-3-1-5-20(22)25(29-32)26(35)31-15-11-27(36,18-33)12-16-31;1-2-30-23(29)22-17-7-3-5-9-19(17)27(25-22)15-21(28)26-13-11-16(12-14-26)31-20-10-6-4-8-18(20)24;22-16-6-2-4-8-18(16)29-14-9-11-24(12-10-14)19(26)13-25-17-7-3-1-5-15(17)20(23-25)21(27)28;1-2-18-12(17)11-8-5-3-4-6-9(8)14(13-11)7-10(15)16;8-5-6(9)1-3-7-4-2-6/h2,4,6,8,19,33,36H,1,3,5,7,9-18H2;4,6,8,10,16H,2-3,5,7,9,11-15H2,1H3;2,4,6,8,14H,1,3,5,7,9-13H2,(H,27,28);2-7H2,1H3,(H,15,16);7-9H,1-5H2. The molecule has 16 rings (SSSR count). The van der Waals surface area contributed by atoms with Crippen molar-refractivity contribution in [3.8, 4) is 17.2 Å². The van der Waals surface area contributed by atoms with E-state index in [0.29, 0.717) is 135 Å². The summed E-state index contributed by atoms with van der Waals surface area (Å²) in [7, 11) is 0. The number of hydrogen-bond acceptors (Lipinski definition) is 22. The highest BCUT2D eigenvalue weighted by atomic mass is 35.5. The van der Waals surface area contributed by atoms with Gasteiger partial charge in [-0.2, -0.15) is 20.4 Å². The van der Waals surface area contributed by atoms with E-state index in [-0.39, 0.29) is 92.7 Å². The molecule has 5 saturated heterocycles. The number of halogens is 3. The van der Waals surface area contributed by atoms with Gasteiger partial charge >= 0.3 is 23.9 Å². The number of aliphatic hydroxyl groups excluding tert-OH is 2. The van der Waals surface area contributed by atoms with Gasteiger partial charge in [0.15, 0.2) is 22.8 Å². The second-order valence-corrected chi connectivity index (χ2v) is 34.1. The number of piperidine rings is 5. The zero-order valence-corrected chi connectivity index (χ0v) is 73.0. The number of hydrogen-bond donors (Lipinski definition) is 7. The SMILES string of the molecule is CCOC(=O)c1nn(CC(=O)N2CCC(Oc3ccccc3Cl)CC2)c2c1CCCC2.CCOC(=O)c1nn(CC(=O)O)c2c1CCCC2.O=C(Cn1nc(C(=O)N2CCC(O)(CO)CC2)c2c1CCCC2)N1CCC(Oc2ccccc2Cl)CC1.O=C(O)c1nn(CC(=O)N2CCC(Oc3ccccc3Cl)CC2)c2c1CCCC2.OCC1(O)CCNCC1. The largest absolute Gasteiger partial charge is 0.489 e. The number of aliphatic hydroxyl groups is 4. The summed E-state index contributed by atoms with van der Waals surface area (Å²) < 4.78 is 34.7. The summed E-state index contributed by atoms with van der Waals surface area (Å²) in [5.74, 6) is -0.983. The number of carbonyl (C=O) groups excluding carboxylic acids is 6. The third-order valence-corrected chi connectivity index (χ3v) is 25.3. The minimum atomic E-state index is -1.12. The Morgan fingerprint density at radius 2 is 0.702 bits per heavy atom. The average Bonchev–Trinajstić information content (AvgIpc) is 1.65. The van der Waals surface area contributed by atoms with E-state index in [4.69, 9.17) is 68.7 Å². The van der Waals surface area contributed by atoms with Crippen LogP contribution in [0.1, 0.15) is 216 Å². The second-order valence-electron chi connectivity index (χ2n) is 32.9. The Labute approximate surface area is 736 Å². The van der Waals surface area contributed by atoms with Crippen LogP contribution in [-0.4, -0.2) is 258 Å². The van der Waals surface area contributed by atoms with Crippen LogP contribution in [0.25, 0.3) is 0 Å². The Hall–Kier alpha value is -9.67. The van der Waals surface area contributed by atoms with Gasteiger partial charge in [0.05, 0.1) is 52.7 Å². The number of aromatic carboxylic acids is 1. The van der Waals surface area contributed by atoms with Gasteiger partial charge < -0.3 is 79.2 Å². The van der Waals surface area contributed by atoms with E-state index in [0.717, 1.165) is 199 Å². The quantitative estimate of drug-likeness (QED) is 0.0310. The maximum Gasteiger partial charge on any atom is 0.359 e.